The molecular formula is C12H18IN3O2. The molecule has 0 saturated carbocycles. The van der Waals surface area contributed by atoms with Gasteiger partial charge in [0.2, 0.25) is 0 Å². The van der Waals surface area contributed by atoms with Crippen molar-refractivity contribution in [3.05, 3.63) is 31.9 Å². The first-order chi connectivity index (χ1) is 8.26. The second kappa shape index (κ2) is 5.83. The molecule has 0 heterocycles. The highest BCUT2D eigenvalue weighted by Crippen LogP contribution is 2.30. The number of hydrogen-bond acceptors (Lipinski definition) is 4. The molecule has 0 saturated heterocycles. The zero-order chi connectivity index (χ0) is 13.9. The molecule has 0 aliphatic heterocycles. The molecule has 6 heteroatoms. The Morgan fingerprint density at radius 1 is 1.50 bits per heavy atom. The van der Waals surface area contributed by atoms with E-state index in [1.807, 2.05) is 31.9 Å². The van der Waals surface area contributed by atoms with E-state index >= 15 is 0 Å². The van der Waals surface area contributed by atoms with Crippen LogP contribution in [0, 0.1) is 19.1 Å². The Morgan fingerprint density at radius 3 is 2.61 bits per heavy atom. The van der Waals surface area contributed by atoms with E-state index in [4.69, 9.17) is 5.73 Å². The second-order valence-electron chi connectivity index (χ2n) is 5.11. The lowest BCUT2D eigenvalue weighted by atomic mass is 9.93. The van der Waals surface area contributed by atoms with E-state index in [1.165, 1.54) is 0 Å². The normalized spacial score (nSPS) is 11.4. The van der Waals surface area contributed by atoms with Crippen molar-refractivity contribution in [2.45, 2.75) is 13.8 Å². The van der Waals surface area contributed by atoms with Gasteiger partial charge in [0.15, 0.2) is 0 Å². The minimum atomic E-state index is -0.344. The highest BCUT2D eigenvalue weighted by atomic mass is 127. The molecule has 2 N–H and O–H groups in total. The summed E-state index contributed by atoms with van der Waals surface area (Å²) < 4.78 is 0.856. The summed E-state index contributed by atoms with van der Waals surface area (Å²) in [4.78, 5) is 12.6. The molecule has 0 amide bonds. The van der Waals surface area contributed by atoms with E-state index in [1.54, 1.807) is 12.1 Å². The van der Waals surface area contributed by atoms with Crippen LogP contribution in [0.5, 0.6) is 0 Å². The third-order valence-corrected chi connectivity index (χ3v) is 3.43. The van der Waals surface area contributed by atoms with Gasteiger partial charge in [-0.25, -0.2) is 0 Å². The van der Waals surface area contributed by atoms with Crippen LogP contribution < -0.4 is 10.6 Å². The maximum atomic E-state index is 11.1. The number of nitrogens with zero attached hydrogens (tertiary/aromatic N) is 2. The van der Waals surface area contributed by atoms with Gasteiger partial charge in [-0.3, -0.25) is 10.1 Å². The van der Waals surface area contributed by atoms with Gasteiger partial charge in [0, 0.05) is 23.2 Å². The fourth-order valence-electron chi connectivity index (χ4n) is 1.76. The van der Waals surface area contributed by atoms with Crippen LogP contribution in [0.15, 0.2) is 18.2 Å². The van der Waals surface area contributed by atoms with E-state index < -0.39 is 0 Å². The number of hydrogen-bond donors (Lipinski definition) is 1. The number of nitro groups is 1. The summed E-state index contributed by atoms with van der Waals surface area (Å²) in [6, 6.07) is 5.24. The molecule has 1 rings (SSSR count). The van der Waals surface area contributed by atoms with Crippen LogP contribution in [-0.4, -0.2) is 25.1 Å². The molecule has 1 aromatic rings. The van der Waals surface area contributed by atoms with Crippen molar-refractivity contribution in [3.8, 4) is 0 Å². The molecule has 0 aromatic heterocycles. The highest BCUT2D eigenvalue weighted by Gasteiger charge is 2.23. The van der Waals surface area contributed by atoms with Gasteiger partial charge in [-0.15, -0.1) is 0 Å². The molecule has 0 aliphatic carbocycles. The lowest BCUT2D eigenvalue weighted by Gasteiger charge is -2.30. The number of nitro benzene ring substituents is 1. The van der Waals surface area contributed by atoms with Crippen LogP contribution >= 0.6 is 22.6 Å². The third-order valence-electron chi connectivity index (χ3n) is 2.76. The summed E-state index contributed by atoms with van der Waals surface area (Å²) in [6.07, 6.45) is 0. The molecule has 0 bridgehead atoms. The van der Waals surface area contributed by atoms with Crippen molar-refractivity contribution < 1.29 is 4.92 Å². The van der Waals surface area contributed by atoms with Crippen molar-refractivity contribution in [1.29, 1.82) is 0 Å². The maximum absolute atomic E-state index is 11.1. The van der Waals surface area contributed by atoms with Gasteiger partial charge >= 0.3 is 0 Å². The predicted octanol–water partition coefficient (Wildman–Crippen LogP) is 2.62. The van der Waals surface area contributed by atoms with Crippen LogP contribution in [0.4, 0.5) is 11.4 Å². The van der Waals surface area contributed by atoms with E-state index in [0.717, 1.165) is 3.57 Å². The Hall–Kier alpha value is -0.890. The summed E-state index contributed by atoms with van der Waals surface area (Å²) in [6.45, 7) is 5.30. The number of anilines is 1. The molecule has 0 fully saturated rings. The Labute approximate surface area is 121 Å². The Morgan fingerprint density at radius 2 is 2.11 bits per heavy atom. The smallest absolute Gasteiger partial charge is 0.293 e. The number of halogens is 1. The average Bonchev–Trinajstić information content (AvgIpc) is 2.28. The molecular weight excluding hydrogens is 345 g/mol. The lowest BCUT2D eigenvalue weighted by Crippen LogP contribution is -2.37. The molecule has 1 aromatic carbocycles. The zero-order valence-corrected chi connectivity index (χ0v) is 13.0. The Balaban J connectivity index is 3.05. The van der Waals surface area contributed by atoms with Crippen LogP contribution in [0.2, 0.25) is 0 Å². The Bertz CT molecular complexity index is 449. The minimum absolute atomic E-state index is 0.0778. The molecule has 0 unspecified atom stereocenters. The van der Waals surface area contributed by atoms with Crippen molar-refractivity contribution >= 4 is 34.0 Å². The maximum Gasteiger partial charge on any atom is 0.293 e. The molecule has 0 aliphatic rings. The predicted molar refractivity (Wildman–Crippen MR) is 81.9 cm³/mol. The first kappa shape index (κ1) is 15.2. The molecule has 0 radical (unpaired) electrons. The van der Waals surface area contributed by atoms with E-state index in [-0.39, 0.29) is 16.0 Å². The highest BCUT2D eigenvalue weighted by molar-refractivity contribution is 14.1. The second-order valence-corrected chi connectivity index (χ2v) is 6.36. The zero-order valence-electron chi connectivity index (χ0n) is 10.8. The van der Waals surface area contributed by atoms with E-state index in [2.05, 4.69) is 22.6 Å². The standard InChI is InChI=1S/C12H18IN3O2/c1-12(2,7-14)8-15(3)10-5-4-9(13)6-11(10)16(17)18/h4-6H,7-8,14H2,1-3H3. The average molecular weight is 363 g/mol. The van der Waals surface area contributed by atoms with Crippen molar-refractivity contribution in [2.24, 2.45) is 11.1 Å². The SMILES string of the molecule is CN(CC(C)(C)CN)c1ccc(I)cc1[N+](=O)[O-]. The number of benzene rings is 1. The van der Waals surface area contributed by atoms with Gasteiger partial charge in [-0.2, -0.15) is 0 Å². The van der Waals surface area contributed by atoms with Crippen molar-refractivity contribution in [3.63, 3.8) is 0 Å². The number of rotatable bonds is 5. The molecule has 0 spiro atoms. The van der Waals surface area contributed by atoms with Gasteiger partial charge in [-0.05, 0) is 46.7 Å². The summed E-state index contributed by atoms with van der Waals surface area (Å²) in [7, 11) is 1.85. The summed E-state index contributed by atoms with van der Waals surface area (Å²) >= 11 is 2.07. The fraction of sp³-hybridized carbons (Fsp3) is 0.500. The van der Waals surface area contributed by atoms with E-state index in [9.17, 15) is 10.1 Å². The molecule has 5 nitrogen and oxygen atoms in total. The topological polar surface area (TPSA) is 72.4 Å². The monoisotopic (exact) mass is 363 g/mol. The van der Waals surface area contributed by atoms with Crippen LogP contribution in [0.25, 0.3) is 0 Å². The van der Waals surface area contributed by atoms with E-state index in [0.29, 0.717) is 18.8 Å². The molecule has 0 atom stereocenters. The van der Waals surface area contributed by atoms with Gasteiger partial charge in [0.1, 0.15) is 5.69 Å². The van der Waals surface area contributed by atoms with Crippen LogP contribution in [-0.2, 0) is 0 Å². The Kier molecular flexibility index (Phi) is 4.92. The van der Waals surface area contributed by atoms with Crippen molar-refractivity contribution in [1.82, 2.24) is 0 Å². The quantitative estimate of drug-likeness (QED) is 0.496. The van der Waals surface area contributed by atoms with Gasteiger partial charge < -0.3 is 10.6 Å². The van der Waals surface area contributed by atoms with Crippen LogP contribution in [0.3, 0.4) is 0 Å². The van der Waals surface area contributed by atoms with Crippen LogP contribution in [0.1, 0.15) is 13.8 Å². The first-order valence-corrected chi connectivity index (χ1v) is 6.70. The minimum Gasteiger partial charge on any atom is -0.368 e. The van der Waals surface area contributed by atoms with Gasteiger partial charge in [-0.1, -0.05) is 13.8 Å². The lowest BCUT2D eigenvalue weighted by molar-refractivity contribution is -0.384. The largest absolute Gasteiger partial charge is 0.368 e. The van der Waals surface area contributed by atoms with Gasteiger partial charge in [0.25, 0.3) is 5.69 Å². The summed E-state index contributed by atoms with van der Waals surface area (Å²) in [5.74, 6) is 0. The molecule has 18 heavy (non-hydrogen) atoms. The first-order valence-electron chi connectivity index (χ1n) is 5.62. The summed E-state index contributed by atoms with van der Waals surface area (Å²) in [5, 5.41) is 11.1. The van der Waals surface area contributed by atoms with Crippen molar-refractivity contribution in [2.75, 3.05) is 25.0 Å². The number of nitrogens with two attached hydrogens (primary N) is 1. The van der Waals surface area contributed by atoms with Gasteiger partial charge in [0.05, 0.1) is 4.92 Å². The third kappa shape index (κ3) is 3.81. The summed E-state index contributed by atoms with van der Waals surface area (Å²) in [5.41, 5.74) is 6.38. The molecule has 100 valence electrons. The fourth-order valence-corrected chi connectivity index (χ4v) is 2.23.